The molecule has 0 aromatic carbocycles. The molecule has 0 radical (unpaired) electrons. The van der Waals surface area contributed by atoms with Crippen molar-refractivity contribution in [3.8, 4) is 0 Å². The van der Waals surface area contributed by atoms with E-state index in [4.69, 9.17) is 14.2 Å². The van der Waals surface area contributed by atoms with Crippen molar-refractivity contribution < 1.29 is 49.3 Å². The SMILES string of the molecule is CCCC/C=C/CC/C=C/CC/C=C/C(O)C(COC1OC(CO)C(O)C(O)C1O)NC(=O)CCCCCCCCCCCCCCCCCCC/C=C\C/C=C\CCCCCCCCCCCCCCCCCOC(=O)CCCCCCC/C=C\CCCCCCC. The lowest BCUT2D eigenvalue weighted by Gasteiger charge is -2.40. The molecule has 1 heterocycles. The minimum atomic E-state index is -1.58. The number of aliphatic hydroxyl groups excluding tert-OH is 5. The van der Waals surface area contributed by atoms with E-state index in [9.17, 15) is 35.1 Å². The van der Waals surface area contributed by atoms with E-state index in [0.29, 0.717) is 19.4 Å². The molecular weight excluding hydrogens is 1160 g/mol. The summed E-state index contributed by atoms with van der Waals surface area (Å²) in [4.78, 5) is 25.1. The van der Waals surface area contributed by atoms with Gasteiger partial charge in [-0.1, -0.05) is 324 Å². The molecule has 7 atom stereocenters. The Bertz CT molecular complexity index is 1780. The summed E-state index contributed by atoms with van der Waals surface area (Å²) < 4.78 is 16.7. The van der Waals surface area contributed by atoms with Gasteiger partial charge in [0.1, 0.15) is 24.4 Å². The topological polar surface area (TPSA) is 175 Å². The van der Waals surface area contributed by atoms with Crippen molar-refractivity contribution in [3.63, 3.8) is 0 Å². The Morgan fingerprint density at radius 2 is 0.742 bits per heavy atom. The first-order valence-corrected chi connectivity index (χ1v) is 39.7. The minimum absolute atomic E-state index is 0.00571. The van der Waals surface area contributed by atoms with Crippen LogP contribution in [0.25, 0.3) is 0 Å². The van der Waals surface area contributed by atoms with E-state index in [1.807, 2.05) is 6.08 Å². The summed E-state index contributed by atoms with van der Waals surface area (Å²) in [5.41, 5.74) is 0. The van der Waals surface area contributed by atoms with Gasteiger partial charge in [-0.15, -0.1) is 0 Å². The Kier molecular flexibility index (Phi) is 66.7. The van der Waals surface area contributed by atoms with Gasteiger partial charge in [0, 0.05) is 12.8 Å². The molecule has 11 heteroatoms. The van der Waals surface area contributed by atoms with E-state index < -0.39 is 49.5 Å². The molecule has 1 saturated heterocycles. The van der Waals surface area contributed by atoms with Crippen LogP contribution in [0.1, 0.15) is 373 Å². The van der Waals surface area contributed by atoms with Crippen LogP contribution >= 0.6 is 0 Å². The Morgan fingerprint density at radius 1 is 0.398 bits per heavy atom. The van der Waals surface area contributed by atoms with Gasteiger partial charge in [-0.25, -0.2) is 0 Å². The van der Waals surface area contributed by atoms with Gasteiger partial charge in [0.25, 0.3) is 0 Å². The summed E-state index contributed by atoms with van der Waals surface area (Å²) in [6, 6.07) is -0.833. The molecule has 0 spiro atoms. The van der Waals surface area contributed by atoms with Crippen LogP contribution in [-0.4, -0.2) is 100 Å². The maximum absolute atomic E-state index is 13.1. The van der Waals surface area contributed by atoms with Gasteiger partial charge >= 0.3 is 5.97 Å². The van der Waals surface area contributed by atoms with Gasteiger partial charge in [0.2, 0.25) is 5.91 Å². The fourth-order valence-corrected chi connectivity index (χ4v) is 12.2. The van der Waals surface area contributed by atoms with Crippen molar-refractivity contribution in [2.75, 3.05) is 19.8 Å². The van der Waals surface area contributed by atoms with E-state index in [1.54, 1.807) is 6.08 Å². The third-order valence-corrected chi connectivity index (χ3v) is 18.5. The Labute approximate surface area is 572 Å². The summed E-state index contributed by atoms with van der Waals surface area (Å²) >= 11 is 0. The zero-order valence-electron chi connectivity index (χ0n) is 60.5. The molecule has 1 aliphatic rings. The number of esters is 1. The largest absolute Gasteiger partial charge is 0.466 e. The van der Waals surface area contributed by atoms with Crippen molar-refractivity contribution in [1.82, 2.24) is 5.32 Å². The third kappa shape index (κ3) is 58.9. The maximum Gasteiger partial charge on any atom is 0.305 e. The maximum atomic E-state index is 13.1. The highest BCUT2D eigenvalue weighted by molar-refractivity contribution is 5.76. The average molecular weight is 1310 g/mol. The lowest BCUT2D eigenvalue weighted by atomic mass is 9.99. The van der Waals surface area contributed by atoms with Crippen LogP contribution in [0.15, 0.2) is 72.9 Å². The minimum Gasteiger partial charge on any atom is -0.466 e. The molecular formula is C82H149NO10. The van der Waals surface area contributed by atoms with Gasteiger partial charge in [0.15, 0.2) is 6.29 Å². The smallest absolute Gasteiger partial charge is 0.305 e. The van der Waals surface area contributed by atoms with E-state index >= 15 is 0 Å². The second-order valence-electron chi connectivity index (χ2n) is 27.4. The van der Waals surface area contributed by atoms with Crippen molar-refractivity contribution in [2.45, 2.75) is 416 Å². The van der Waals surface area contributed by atoms with Crippen LogP contribution in [-0.2, 0) is 23.8 Å². The normalized spacial score (nSPS) is 17.9. The van der Waals surface area contributed by atoms with E-state index in [2.05, 4.69) is 79.9 Å². The zero-order chi connectivity index (χ0) is 67.2. The second kappa shape index (κ2) is 70.4. The van der Waals surface area contributed by atoms with Gasteiger partial charge < -0.3 is 45.1 Å². The molecule has 542 valence electrons. The number of hydrogen-bond acceptors (Lipinski definition) is 10. The number of ether oxygens (including phenoxy) is 3. The van der Waals surface area contributed by atoms with Crippen molar-refractivity contribution in [3.05, 3.63) is 72.9 Å². The van der Waals surface area contributed by atoms with Crippen LogP contribution in [0.5, 0.6) is 0 Å². The molecule has 1 amide bonds. The molecule has 1 aliphatic heterocycles. The number of nitrogens with one attached hydrogen (secondary N) is 1. The monoisotopic (exact) mass is 1310 g/mol. The fourth-order valence-electron chi connectivity index (χ4n) is 12.2. The summed E-state index contributed by atoms with van der Waals surface area (Å²) in [5, 5.41) is 54.4. The van der Waals surface area contributed by atoms with Gasteiger partial charge in [-0.2, -0.15) is 0 Å². The van der Waals surface area contributed by atoms with Crippen molar-refractivity contribution in [2.24, 2.45) is 0 Å². The van der Waals surface area contributed by atoms with E-state index in [-0.39, 0.29) is 18.5 Å². The summed E-state index contributed by atoms with van der Waals surface area (Å²) in [7, 11) is 0. The fraction of sp³-hybridized carbons (Fsp3) is 0.829. The molecule has 0 bridgehead atoms. The van der Waals surface area contributed by atoms with Crippen LogP contribution < -0.4 is 5.32 Å². The predicted molar refractivity (Wildman–Crippen MR) is 393 cm³/mol. The number of aliphatic hydroxyl groups is 5. The number of amides is 1. The third-order valence-electron chi connectivity index (χ3n) is 18.5. The van der Waals surface area contributed by atoms with Crippen molar-refractivity contribution >= 4 is 11.9 Å². The standard InChI is InChI=1S/C82H149NO10/c1-3-5-7-9-11-13-15-17-46-50-54-58-62-66-70-78(87)91-71-67-63-59-55-51-47-44-42-40-38-36-34-32-30-28-26-24-22-20-18-19-21-23-25-27-29-31-33-35-37-39-41-43-45-49-53-57-61-65-69-77(86)83-74(73-92-82-81(90)80(89)79(88)76(72-84)93-82)75(85)68-64-60-56-52-48-16-14-12-10-8-6-4-2/h10,12,15,17-19,22,24,48,52,64,68,74-76,79-82,84-85,88-90H,3-9,11,13-14,16,20-21,23,25-47,49-51,53-63,65-67,69-73H2,1-2H3,(H,83,86)/b12-10+,17-15-,19-18-,24-22-,52-48+,68-64+. The Morgan fingerprint density at radius 3 is 1.16 bits per heavy atom. The first kappa shape index (κ1) is 88.1. The van der Waals surface area contributed by atoms with Gasteiger partial charge in [0.05, 0.1) is 32.0 Å². The molecule has 6 N–H and O–H groups in total. The number of allylic oxidation sites excluding steroid dienone is 11. The number of carbonyl (C=O) groups is 2. The molecule has 0 aliphatic carbocycles. The highest BCUT2D eigenvalue weighted by Gasteiger charge is 2.44. The highest BCUT2D eigenvalue weighted by atomic mass is 16.7. The van der Waals surface area contributed by atoms with Gasteiger partial charge in [-0.3, -0.25) is 9.59 Å². The quantitative estimate of drug-likeness (QED) is 0.0195. The van der Waals surface area contributed by atoms with Crippen LogP contribution in [0.3, 0.4) is 0 Å². The summed E-state index contributed by atoms with van der Waals surface area (Å²) in [6.45, 7) is 4.30. The molecule has 93 heavy (non-hydrogen) atoms. The van der Waals surface area contributed by atoms with Crippen LogP contribution in [0.4, 0.5) is 0 Å². The van der Waals surface area contributed by atoms with Crippen LogP contribution in [0, 0.1) is 0 Å². The average Bonchev–Trinajstić information content (AvgIpc) is 2.25. The molecule has 7 unspecified atom stereocenters. The number of unbranched alkanes of at least 4 members (excludes halogenated alkanes) is 46. The van der Waals surface area contributed by atoms with Gasteiger partial charge in [-0.05, 0) is 109 Å². The summed E-state index contributed by atoms with van der Waals surface area (Å²) in [5.74, 6) is -0.188. The molecule has 1 fully saturated rings. The number of carbonyl (C=O) groups excluding carboxylic acids is 2. The Hall–Kier alpha value is -2.90. The first-order chi connectivity index (χ1) is 45.7. The molecule has 11 nitrogen and oxygen atoms in total. The van der Waals surface area contributed by atoms with Crippen molar-refractivity contribution in [1.29, 1.82) is 0 Å². The molecule has 0 saturated carbocycles. The predicted octanol–water partition coefficient (Wildman–Crippen LogP) is 21.4. The number of hydrogen-bond donors (Lipinski definition) is 6. The number of rotatable bonds is 70. The first-order valence-electron chi connectivity index (χ1n) is 39.7. The molecule has 0 aromatic heterocycles. The zero-order valence-corrected chi connectivity index (χ0v) is 60.5. The molecule has 0 aromatic rings. The van der Waals surface area contributed by atoms with E-state index in [0.717, 1.165) is 77.0 Å². The van der Waals surface area contributed by atoms with E-state index in [1.165, 1.54) is 270 Å². The lowest BCUT2D eigenvalue weighted by molar-refractivity contribution is -0.302. The lowest BCUT2D eigenvalue weighted by Crippen LogP contribution is -2.60. The summed E-state index contributed by atoms with van der Waals surface area (Å²) in [6.07, 6.45) is 86.6. The molecule has 1 rings (SSSR count). The van der Waals surface area contributed by atoms with Crippen LogP contribution in [0.2, 0.25) is 0 Å². The highest BCUT2D eigenvalue weighted by Crippen LogP contribution is 2.23. The second-order valence-corrected chi connectivity index (χ2v) is 27.4. The Balaban J connectivity index is 1.90.